The van der Waals surface area contributed by atoms with Gasteiger partial charge in [0, 0.05) is 0 Å². The summed E-state index contributed by atoms with van der Waals surface area (Å²) in [5, 5.41) is 0. The molecule has 0 aliphatic rings. The fourth-order valence-electron chi connectivity index (χ4n) is 4.40. The molecule has 0 fully saturated rings. The molecule has 2 aromatic carbocycles. The molecule has 0 spiro atoms. The summed E-state index contributed by atoms with van der Waals surface area (Å²) in [6.07, 6.45) is 16.8. The van der Waals surface area contributed by atoms with E-state index >= 15 is 0 Å². The molecule has 4 heteroatoms. The van der Waals surface area contributed by atoms with Crippen molar-refractivity contribution >= 4 is 11.9 Å². The Kier molecular flexibility index (Phi) is 15.4. The third-order valence-electron chi connectivity index (χ3n) is 6.77. The van der Waals surface area contributed by atoms with Crippen molar-refractivity contribution in [3.63, 3.8) is 0 Å². The number of rotatable bonds is 19. The van der Waals surface area contributed by atoms with Gasteiger partial charge in [0.15, 0.2) is 0 Å². The highest BCUT2D eigenvalue weighted by Gasteiger charge is 2.15. The van der Waals surface area contributed by atoms with Crippen molar-refractivity contribution in [3.05, 3.63) is 70.8 Å². The van der Waals surface area contributed by atoms with Crippen molar-refractivity contribution in [1.29, 1.82) is 0 Å². The van der Waals surface area contributed by atoms with Gasteiger partial charge in [-0.1, -0.05) is 102 Å². The molecule has 0 aliphatic carbocycles. The number of unbranched alkanes of at least 4 members (excludes halogenated alkanes) is 10. The second-order valence-corrected chi connectivity index (χ2v) is 10.2. The van der Waals surface area contributed by atoms with Crippen molar-refractivity contribution in [3.8, 4) is 0 Å². The molecule has 0 heterocycles. The molecule has 0 saturated heterocycles. The molecule has 0 aromatic heterocycles. The molecule has 204 valence electrons. The monoisotopic (exact) mass is 508 g/mol. The van der Waals surface area contributed by atoms with Crippen molar-refractivity contribution in [2.45, 2.75) is 117 Å². The lowest BCUT2D eigenvalue weighted by Gasteiger charge is -2.14. The highest BCUT2D eigenvalue weighted by Crippen LogP contribution is 2.14. The van der Waals surface area contributed by atoms with Crippen LogP contribution in [0.2, 0.25) is 0 Å². The first kappa shape index (κ1) is 30.6. The molecule has 2 rings (SSSR count). The largest absolute Gasteiger partial charge is 0.458 e. The quantitative estimate of drug-likeness (QED) is 0.140. The lowest BCUT2D eigenvalue weighted by molar-refractivity contribution is 0.00448. The maximum absolute atomic E-state index is 12.5. The van der Waals surface area contributed by atoms with E-state index in [1.165, 1.54) is 88.2 Å². The lowest BCUT2D eigenvalue weighted by Crippen LogP contribution is -2.22. The molecule has 0 bridgehead atoms. The minimum Gasteiger partial charge on any atom is -0.458 e. The molecule has 1 atom stereocenters. The molecule has 2 aromatic rings. The van der Waals surface area contributed by atoms with Gasteiger partial charge in [-0.3, -0.25) is 0 Å². The van der Waals surface area contributed by atoms with E-state index < -0.39 is 18.0 Å². The van der Waals surface area contributed by atoms with Crippen LogP contribution < -0.4 is 0 Å². The van der Waals surface area contributed by atoms with Crippen molar-refractivity contribution in [1.82, 2.24) is 0 Å². The van der Waals surface area contributed by atoms with Gasteiger partial charge >= 0.3 is 11.9 Å². The molecule has 0 aliphatic heterocycles. The van der Waals surface area contributed by atoms with E-state index in [0.29, 0.717) is 11.1 Å². The van der Waals surface area contributed by atoms with Gasteiger partial charge in [-0.25, -0.2) is 9.59 Å². The number of ether oxygens (including phenoxy) is 2. The van der Waals surface area contributed by atoms with Gasteiger partial charge < -0.3 is 9.47 Å². The van der Waals surface area contributed by atoms with Gasteiger partial charge in [-0.05, 0) is 68.0 Å². The van der Waals surface area contributed by atoms with E-state index in [0.717, 1.165) is 12.8 Å². The molecule has 0 saturated carbocycles. The Labute approximate surface area is 225 Å². The summed E-state index contributed by atoms with van der Waals surface area (Å²) in [6, 6.07) is 15.3. The SMILES string of the molecule is CCCCCCCCc1ccc(C(=O)OCC(C)OC(=O)c2ccc(CCCCCCCC)cc2)cc1. The minimum absolute atomic E-state index is 0.0280. The summed E-state index contributed by atoms with van der Waals surface area (Å²) in [5.41, 5.74) is 3.52. The average molecular weight is 509 g/mol. The Morgan fingerprint density at radius 3 is 1.46 bits per heavy atom. The van der Waals surface area contributed by atoms with Crippen LogP contribution in [-0.4, -0.2) is 24.6 Å². The molecule has 4 nitrogen and oxygen atoms in total. The summed E-state index contributed by atoms with van der Waals surface area (Å²) in [4.78, 5) is 24.9. The van der Waals surface area contributed by atoms with Gasteiger partial charge in [0.05, 0.1) is 11.1 Å². The van der Waals surface area contributed by atoms with Gasteiger partial charge in [-0.15, -0.1) is 0 Å². The van der Waals surface area contributed by atoms with Crippen LogP contribution in [0.5, 0.6) is 0 Å². The molecule has 1 unspecified atom stereocenters. The second kappa shape index (κ2) is 18.6. The average Bonchev–Trinajstić information content (AvgIpc) is 2.92. The van der Waals surface area contributed by atoms with Crippen molar-refractivity contribution in [2.24, 2.45) is 0 Å². The topological polar surface area (TPSA) is 52.6 Å². The normalized spacial score (nSPS) is 11.8. The number of carbonyl (C=O) groups is 2. The van der Waals surface area contributed by atoms with Crippen LogP contribution in [0.1, 0.15) is 130 Å². The zero-order chi connectivity index (χ0) is 26.7. The standard InChI is InChI=1S/C33H48O4/c1-4-6-8-10-12-14-16-28-18-22-30(23-19-28)32(34)36-26-27(3)37-33(35)31-24-20-29(21-25-31)17-15-13-11-9-7-5-2/h18-25,27H,4-17,26H2,1-3H3. The molecular formula is C33H48O4. The highest BCUT2D eigenvalue weighted by atomic mass is 16.6. The number of aryl methyl sites for hydroxylation is 2. The number of benzene rings is 2. The Morgan fingerprint density at radius 1 is 0.595 bits per heavy atom. The Hall–Kier alpha value is -2.62. The van der Waals surface area contributed by atoms with Crippen molar-refractivity contribution in [2.75, 3.05) is 6.61 Å². The van der Waals surface area contributed by atoms with E-state index in [1.807, 2.05) is 48.5 Å². The van der Waals surface area contributed by atoms with Crippen LogP contribution >= 0.6 is 0 Å². The van der Waals surface area contributed by atoms with E-state index in [1.54, 1.807) is 6.92 Å². The smallest absolute Gasteiger partial charge is 0.338 e. The number of esters is 2. The van der Waals surface area contributed by atoms with E-state index in [4.69, 9.17) is 9.47 Å². The predicted molar refractivity (Wildman–Crippen MR) is 152 cm³/mol. The van der Waals surface area contributed by atoms with E-state index in [9.17, 15) is 9.59 Å². The van der Waals surface area contributed by atoms with Gasteiger partial charge in [0.2, 0.25) is 0 Å². The zero-order valence-corrected chi connectivity index (χ0v) is 23.4. The first-order chi connectivity index (χ1) is 18.0. The van der Waals surface area contributed by atoms with Gasteiger partial charge in [-0.2, -0.15) is 0 Å². The van der Waals surface area contributed by atoms with E-state index in [2.05, 4.69) is 13.8 Å². The molecule has 37 heavy (non-hydrogen) atoms. The van der Waals surface area contributed by atoms with Crippen LogP contribution in [0, 0.1) is 0 Å². The fourth-order valence-corrected chi connectivity index (χ4v) is 4.40. The van der Waals surface area contributed by atoms with Crippen molar-refractivity contribution < 1.29 is 19.1 Å². The van der Waals surface area contributed by atoms with E-state index in [-0.39, 0.29) is 6.61 Å². The number of hydrogen-bond acceptors (Lipinski definition) is 4. The summed E-state index contributed by atoms with van der Waals surface area (Å²) in [5.74, 6) is -0.790. The second-order valence-electron chi connectivity index (χ2n) is 10.2. The van der Waals surface area contributed by atoms with Crippen LogP contribution in [0.4, 0.5) is 0 Å². The van der Waals surface area contributed by atoms with Crippen LogP contribution in [0.3, 0.4) is 0 Å². The third-order valence-corrected chi connectivity index (χ3v) is 6.77. The molecule has 0 N–H and O–H groups in total. The zero-order valence-electron chi connectivity index (χ0n) is 23.4. The molecular weight excluding hydrogens is 460 g/mol. The first-order valence-electron chi connectivity index (χ1n) is 14.6. The van der Waals surface area contributed by atoms with Crippen LogP contribution in [0.25, 0.3) is 0 Å². The van der Waals surface area contributed by atoms with Crippen LogP contribution in [0.15, 0.2) is 48.5 Å². The Balaban J connectivity index is 1.66. The number of carbonyl (C=O) groups excluding carboxylic acids is 2. The summed E-state index contributed by atoms with van der Waals surface area (Å²) >= 11 is 0. The maximum Gasteiger partial charge on any atom is 0.338 e. The third kappa shape index (κ3) is 13.0. The molecule has 0 amide bonds. The Bertz CT molecular complexity index is 886. The van der Waals surface area contributed by atoms with Crippen LogP contribution in [-0.2, 0) is 22.3 Å². The lowest BCUT2D eigenvalue weighted by atomic mass is 10.0. The summed E-state index contributed by atoms with van der Waals surface area (Å²) < 4.78 is 10.9. The first-order valence-corrected chi connectivity index (χ1v) is 14.6. The minimum atomic E-state index is -0.522. The van der Waals surface area contributed by atoms with Gasteiger partial charge in [0.25, 0.3) is 0 Å². The molecule has 0 radical (unpaired) electrons. The maximum atomic E-state index is 12.5. The van der Waals surface area contributed by atoms with Gasteiger partial charge in [0.1, 0.15) is 12.7 Å². The number of hydrogen-bond donors (Lipinski definition) is 0. The predicted octanol–water partition coefficient (Wildman–Crippen LogP) is 8.89. The highest BCUT2D eigenvalue weighted by molar-refractivity contribution is 5.90. The Morgan fingerprint density at radius 2 is 1.00 bits per heavy atom. The summed E-state index contributed by atoms with van der Waals surface area (Å²) in [6.45, 7) is 6.23. The summed E-state index contributed by atoms with van der Waals surface area (Å²) in [7, 11) is 0. The fraction of sp³-hybridized carbons (Fsp3) is 0.576.